The molecule has 0 saturated heterocycles. The zero-order valence-corrected chi connectivity index (χ0v) is 8.42. The monoisotopic (exact) mass is 201 g/mol. The van der Waals surface area contributed by atoms with Crippen LogP contribution >= 0.6 is 0 Å². The van der Waals surface area contributed by atoms with Crippen molar-refractivity contribution in [2.24, 2.45) is 0 Å². The van der Waals surface area contributed by atoms with Gasteiger partial charge in [0.05, 0.1) is 7.11 Å². The molecule has 0 atom stereocenters. The Kier molecular flexibility index (Phi) is 2.88. The Morgan fingerprint density at radius 1 is 1.07 bits per heavy atom. The Bertz CT molecular complexity index is 414. The predicted octanol–water partition coefficient (Wildman–Crippen LogP) is 1.47. The Labute approximate surface area is 88.0 Å². The molecule has 1 heterocycles. The molecule has 4 heteroatoms. The second-order valence-electron chi connectivity index (χ2n) is 3.08. The highest BCUT2D eigenvalue weighted by Crippen LogP contribution is 2.12. The molecule has 0 aliphatic heterocycles. The standard InChI is InChI=1S/C11H11N3O/c1-15-10-4-2-9(3-5-10)6-11-13-7-12-8-14-11/h2-5,7-8H,6H2,1H3. The van der Waals surface area contributed by atoms with Crippen molar-refractivity contribution in [2.75, 3.05) is 7.11 Å². The van der Waals surface area contributed by atoms with E-state index < -0.39 is 0 Å². The Hall–Kier alpha value is -1.97. The summed E-state index contributed by atoms with van der Waals surface area (Å²) in [7, 11) is 1.65. The van der Waals surface area contributed by atoms with Gasteiger partial charge in [0.15, 0.2) is 0 Å². The van der Waals surface area contributed by atoms with E-state index in [0.29, 0.717) is 6.42 Å². The molecule has 2 rings (SSSR count). The molecule has 76 valence electrons. The maximum absolute atomic E-state index is 5.08. The van der Waals surface area contributed by atoms with Crippen LogP contribution in [0.4, 0.5) is 0 Å². The van der Waals surface area contributed by atoms with Crippen LogP contribution in [-0.2, 0) is 6.42 Å². The lowest BCUT2D eigenvalue weighted by molar-refractivity contribution is 0.414. The van der Waals surface area contributed by atoms with Crippen molar-refractivity contribution in [1.82, 2.24) is 15.0 Å². The van der Waals surface area contributed by atoms with Crippen LogP contribution in [-0.4, -0.2) is 22.1 Å². The van der Waals surface area contributed by atoms with Crippen molar-refractivity contribution in [3.8, 4) is 5.75 Å². The minimum absolute atomic E-state index is 0.715. The summed E-state index contributed by atoms with van der Waals surface area (Å²) in [6.07, 6.45) is 3.73. The van der Waals surface area contributed by atoms with Crippen LogP contribution in [0, 0.1) is 0 Å². The summed E-state index contributed by atoms with van der Waals surface area (Å²) in [5.74, 6) is 1.63. The summed E-state index contributed by atoms with van der Waals surface area (Å²) in [5.41, 5.74) is 1.15. The third-order valence-electron chi connectivity index (χ3n) is 2.07. The summed E-state index contributed by atoms with van der Waals surface area (Å²) in [6, 6.07) is 7.86. The van der Waals surface area contributed by atoms with Gasteiger partial charge in [0.1, 0.15) is 24.2 Å². The fourth-order valence-corrected chi connectivity index (χ4v) is 1.28. The zero-order valence-electron chi connectivity index (χ0n) is 8.42. The highest BCUT2D eigenvalue weighted by molar-refractivity contribution is 5.28. The third-order valence-corrected chi connectivity index (χ3v) is 2.07. The lowest BCUT2D eigenvalue weighted by Crippen LogP contribution is -1.96. The summed E-state index contributed by atoms with van der Waals surface area (Å²) in [4.78, 5) is 11.9. The molecule has 2 aromatic rings. The van der Waals surface area contributed by atoms with Crippen LogP contribution in [0.2, 0.25) is 0 Å². The summed E-state index contributed by atoms with van der Waals surface area (Å²) < 4.78 is 5.08. The lowest BCUT2D eigenvalue weighted by atomic mass is 10.1. The van der Waals surface area contributed by atoms with Gasteiger partial charge in [-0.3, -0.25) is 0 Å². The summed E-state index contributed by atoms with van der Waals surface area (Å²) in [6.45, 7) is 0. The number of hydrogen-bond acceptors (Lipinski definition) is 4. The zero-order chi connectivity index (χ0) is 10.5. The van der Waals surface area contributed by atoms with Gasteiger partial charge in [0, 0.05) is 6.42 Å². The Balaban J connectivity index is 2.11. The molecule has 4 nitrogen and oxygen atoms in total. The first kappa shape index (κ1) is 9.58. The minimum Gasteiger partial charge on any atom is -0.497 e. The van der Waals surface area contributed by atoms with Crippen molar-refractivity contribution < 1.29 is 4.74 Å². The van der Waals surface area contributed by atoms with Crippen LogP contribution in [0.25, 0.3) is 0 Å². The molecule has 0 unspecified atom stereocenters. The molecule has 0 spiro atoms. The number of ether oxygens (including phenoxy) is 1. The van der Waals surface area contributed by atoms with Crippen LogP contribution < -0.4 is 4.74 Å². The fourth-order valence-electron chi connectivity index (χ4n) is 1.28. The van der Waals surface area contributed by atoms with Gasteiger partial charge in [-0.15, -0.1) is 0 Å². The van der Waals surface area contributed by atoms with Crippen LogP contribution in [0.15, 0.2) is 36.9 Å². The van der Waals surface area contributed by atoms with Gasteiger partial charge >= 0.3 is 0 Å². The fraction of sp³-hybridized carbons (Fsp3) is 0.182. The average Bonchev–Trinajstić information content (AvgIpc) is 2.31. The minimum atomic E-state index is 0.715. The number of methoxy groups -OCH3 is 1. The number of rotatable bonds is 3. The van der Waals surface area contributed by atoms with E-state index in [4.69, 9.17) is 4.74 Å². The Morgan fingerprint density at radius 3 is 2.33 bits per heavy atom. The van der Waals surface area contributed by atoms with Gasteiger partial charge in [-0.25, -0.2) is 15.0 Å². The van der Waals surface area contributed by atoms with Gasteiger partial charge in [0.2, 0.25) is 0 Å². The quantitative estimate of drug-likeness (QED) is 0.754. The van der Waals surface area contributed by atoms with Gasteiger partial charge in [0.25, 0.3) is 0 Å². The van der Waals surface area contributed by atoms with Crippen molar-refractivity contribution in [2.45, 2.75) is 6.42 Å². The van der Waals surface area contributed by atoms with Gasteiger partial charge < -0.3 is 4.74 Å². The topological polar surface area (TPSA) is 47.9 Å². The number of nitrogens with zero attached hydrogens (tertiary/aromatic N) is 3. The maximum atomic E-state index is 5.08. The van der Waals surface area contributed by atoms with Crippen LogP contribution in [0.3, 0.4) is 0 Å². The van der Waals surface area contributed by atoms with Gasteiger partial charge in [-0.1, -0.05) is 12.1 Å². The van der Waals surface area contributed by atoms with E-state index in [2.05, 4.69) is 15.0 Å². The maximum Gasteiger partial charge on any atom is 0.136 e. The smallest absolute Gasteiger partial charge is 0.136 e. The first-order chi connectivity index (χ1) is 7.38. The van der Waals surface area contributed by atoms with Crippen molar-refractivity contribution in [1.29, 1.82) is 0 Å². The Morgan fingerprint density at radius 2 is 1.73 bits per heavy atom. The first-order valence-electron chi connectivity index (χ1n) is 4.62. The number of benzene rings is 1. The molecular weight excluding hydrogens is 190 g/mol. The molecule has 15 heavy (non-hydrogen) atoms. The summed E-state index contributed by atoms with van der Waals surface area (Å²) >= 11 is 0. The molecule has 1 aromatic carbocycles. The van der Waals surface area contributed by atoms with E-state index in [9.17, 15) is 0 Å². The van der Waals surface area contributed by atoms with E-state index in [1.165, 1.54) is 12.7 Å². The van der Waals surface area contributed by atoms with Crippen molar-refractivity contribution >= 4 is 0 Å². The predicted molar refractivity (Wildman–Crippen MR) is 55.6 cm³/mol. The molecule has 0 radical (unpaired) electrons. The van der Waals surface area contributed by atoms with E-state index in [-0.39, 0.29) is 0 Å². The largest absolute Gasteiger partial charge is 0.497 e. The highest BCUT2D eigenvalue weighted by atomic mass is 16.5. The van der Waals surface area contributed by atoms with Crippen molar-refractivity contribution in [3.05, 3.63) is 48.3 Å². The number of aromatic nitrogens is 3. The molecule has 0 bridgehead atoms. The molecule has 0 aliphatic rings. The van der Waals surface area contributed by atoms with E-state index in [1.54, 1.807) is 7.11 Å². The average molecular weight is 201 g/mol. The first-order valence-corrected chi connectivity index (χ1v) is 4.62. The van der Waals surface area contributed by atoms with Crippen molar-refractivity contribution in [3.63, 3.8) is 0 Å². The van der Waals surface area contributed by atoms with Crippen LogP contribution in [0.5, 0.6) is 5.75 Å². The molecule has 0 aliphatic carbocycles. The lowest BCUT2D eigenvalue weighted by Gasteiger charge is -2.02. The second-order valence-corrected chi connectivity index (χ2v) is 3.08. The summed E-state index contributed by atoms with van der Waals surface area (Å²) in [5, 5.41) is 0. The van der Waals surface area contributed by atoms with E-state index >= 15 is 0 Å². The molecule has 0 N–H and O–H groups in total. The SMILES string of the molecule is COc1ccc(Cc2ncncn2)cc1. The highest BCUT2D eigenvalue weighted by Gasteiger charge is 1.98. The molecule has 1 aromatic heterocycles. The van der Waals surface area contributed by atoms with Gasteiger partial charge in [-0.05, 0) is 17.7 Å². The molecule has 0 amide bonds. The van der Waals surface area contributed by atoms with E-state index in [0.717, 1.165) is 17.1 Å². The van der Waals surface area contributed by atoms with E-state index in [1.807, 2.05) is 24.3 Å². The normalized spacial score (nSPS) is 9.93. The third kappa shape index (κ3) is 2.49. The number of hydrogen-bond donors (Lipinski definition) is 0. The molecule has 0 fully saturated rings. The molecular formula is C11H11N3O. The van der Waals surface area contributed by atoms with Gasteiger partial charge in [-0.2, -0.15) is 0 Å². The second kappa shape index (κ2) is 4.50. The van der Waals surface area contributed by atoms with Crippen LogP contribution in [0.1, 0.15) is 11.4 Å². The molecule has 0 saturated carbocycles.